The fourth-order valence-corrected chi connectivity index (χ4v) is 5.03. The van der Waals surface area contributed by atoms with Crippen molar-refractivity contribution in [2.75, 3.05) is 10.6 Å². The summed E-state index contributed by atoms with van der Waals surface area (Å²) >= 11 is 5.82. The van der Waals surface area contributed by atoms with Crippen LogP contribution in [0.1, 0.15) is 37.9 Å². The maximum atomic E-state index is 14.6. The number of carbonyl (C=O) groups is 2. The summed E-state index contributed by atoms with van der Waals surface area (Å²) in [5.74, 6) is -2.54. The van der Waals surface area contributed by atoms with E-state index >= 15 is 0 Å². The van der Waals surface area contributed by atoms with E-state index in [1.807, 2.05) is 0 Å². The molecular formula is C29H24ClF2N5O4. The molecule has 4 aromatic rings. The van der Waals surface area contributed by atoms with Crippen molar-refractivity contribution >= 4 is 35.0 Å². The Labute approximate surface area is 237 Å². The number of benzene rings is 2. The minimum atomic E-state index is -1.24. The van der Waals surface area contributed by atoms with Crippen LogP contribution in [0.15, 0.2) is 65.8 Å². The molecule has 9 nitrogen and oxygen atoms in total. The third-order valence-electron chi connectivity index (χ3n) is 7.00. The number of rotatable bonds is 3. The normalized spacial score (nSPS) is 17.0. The Morgan fingerprint density at radius 2 is 1.90 bits per heavy atom. The smallest absolute Gasteiger partial charge is 0.409 e. The summed E-state index contributed by atoms with van der Waals surface area (Å²) in [6.07, 6.45) is 3.04. The van der Waals surface area contributed by atoms with Crippen LogP contribution in [-0.4, -0.2) is 31.6 Å². The first-order valence-electron chi connectivity index (χ1n) is 12.8. The number of anilines is 2. The molecule has 3 N–H and O–H groups in total. The molecule has 2 bridgehead atoms. The number of carbonyl (C=O) groups excluding carboxylic acids is 1. The first-order chi connectivity index (χ1) is 19.6. The minimum absolute atomic E-state index is 0.191. The van der Waals surface area contributed by atoms with Crippen LogP contribution in [0.3, 0.4) is 0 Å². The largest absolute Gasteiger partial charge is 0.465 e. The lowest BCUT2D eigenvalue weighted by Gasteiger charge is -2.23. The first-order valence-corrected chi connectivity index (χ1v) is 13.1. The summed E-state index contributed by atoms with van der Waals surface area (Å²) in [6.45, 7) is 1.78. The van der Waals surface area contributed by atoms with Crippen LogP contribution >= 0.6 is 11.6 Å². The molecule has 12 heteroatoms. The molecule has 1 aliphatic heterocycles. The molecule has 0 radical (unpaired) electrons. The molecule has 2 aromatic heterocycles. The molecule has 2 aromatic carbocycles. The molecule has 0 saturated carbocycles. The van der Waals surface area contributed by atoms with Gasteiger partial charge in [-0.25, -0.2) is 18.6 Å². The van der Waals surface area contributed by atoms with Crippen LogP contribution < -0.4 is 16.2 Å². The van der Waals surface area contributed by atoms with E-state index in [4.69, 9.17) is 16.7 Å². The highest BCUT2D eigenvalue weighted by molar-refractivity contribution is 6.31. The second kappa shape index (κ2) is 11.5. The fraction of sp³-hybridized carbons (Fsp3) is 0.207. The molecule has 0 aliphatic carbocycles. The fourth-order valence-electron chi connectivity index (χ4n) is 4.88. The summed E-state index contributed by atoms with van der Waals surface area (Å²) in [7, 11) is 0. The van der Waals surface area contributed by atoms with E-state index < -0.39 is 40.8 Å². The van der Waals surface area contributed by atoms with E-state index in [1.165, 1.54) is 10.9 Å². The minimum Gasteiger partial charge on any atom is -0.465 e. The predicted octanol–water partition coefficient (Wildman–Crippen LogP) is 6.34. The molecule has 0 fully saturated rings. The van der Waals surface area contributed by atoms with Crippen molar-refractivity contribution in [3.8, 4) is 22.4 Å². The van der Waals surface area contributed by atoms with Gasteiger partial charge in [0.25, 0.3) is 5.56 Å². The van der Waals surface area contributed by atoms with Crippen LogP contribution in [-0.2, 0) is 4.79 Å². The van der Waals surface area contributed by atoms with Crippen molar-refractivity contribution in [3.63, 3.8) is 0 Å². The molecule has 2 atom stereocenters. The zero-order valence-electron chi connectivity index (χ0n) is 21.7. The third-order valence-corrected chi connectivity index (χ3v) is 7.29. The number of hydrogen-bond donors (Lipinski definition) is 3. The predicted molar refractivity (Wildman–Crippen MR) is 150 cm³/mol. The molecular weight excluding hydrogens is 556 g/mol. The number of carboxylic acid groups (broad SMARTS) is 1. The highest BCUT2D eigenvalue weighted by atomic mass is 35.5. The van der Waals surface area contributed by atoms with Crippen molar-refractivity contribution in [3.05, 3.63) is 93.8 Å². The van der Waals surface area contributed by atoms with Gasteiger partial charge >= 0.3 is 6.09 Å². The molecule has 210 valence electrons. The van der Waals surface area contributed by atoms with Gasteiger partial charge in [-0.05, 0) is 54.8 Å². The lowest BCUT2D eigenvalue weighted by molar-refractivity contribution is -0.119. The number of pyridine rings is 1. The Kier molecular flexibility index (Phi) is 7.80. The Morgan fingerprint density at radius 3 is 2.66 bits per heavy atom. The SMILES string of the molecule is C[C@@H]1CCC[C@H](n2cnc(-c3c(F)ccc(Cl)c3F)cc2=O)c2cc(ccn2)-c2ccc(NC(=O)O)cc2NC1=O. The lowest BCUT2D eigenvalue weighted by Crippen LogP contribution is -2.27. The molecule has 3 heterocycles. The zero-order valence-corrected chi connectivity index (χ0v) is 22.5. The highest BCUT2D eigenvalue weighted by Gasteiger charge is 2.24. The van der Waals surface area contributed by atoms with Gasteiger partial charge in [-0.2, -0.15) is 0 Å². The van der Waals surface area contributed by atoms with E-state index in [0.717, 1.165) is 18.2 Å². The summed E-state index contributed by atoms with van der Waals surface area (Å²) in [5, 5.41) is 14.0. The van der Waals surface area contributed by atoms with E-state index in [2.05, 4.69) is 20.6 Å². The number of nitrogens with zero attached hydrogens (tertiary/aromatic N) is 3. The summed E-state index contributed by atoms with van der Waals surface area (Å²) in [5.41, 5.74) is 1.30. The molecule has 1 aliphatic rings. The lowest BCUT2D eigenvalue weighted by atomic mass is 9.95. The Balaban J connectivity index is 1.60. The molecule has 0 saturated heterocycles. The van der Waals surface area contributed by atoms with Gasteiger partial charge in [-0.15, -0.1) is 0 Å². The molecule has 0 spiro atoms. The van der Waals surface area contributed by atoms with E-state index in [-0.39, 0.29) is 22.3 Å². The third kappa shape index (κ3) is 5.80. The van der Waals surface area contributed by atoms with Gasteiger partial charge in [0.2, 0.25) is 5.91 Å². The average Bonchev–Trinajstić information content (AvgIpc) is 2.93. The van der Waals surface area contributed by atoms with Crippen LogP contribution in [0.4, 0.5) is 25.0 Å². The van der Waals surface area contributed by atoms with E-state index in [0.29, 0.717) is 41.8 Å². The molecule has 0 unspecified atom stereocenters. The molecule has 41 heavy (non-hydrogen) atoms. The average molecular weight is 580 g/mol. The number of fused-ring (bicyclic) bond motifs is 4. The number of hydrogen-bond acceptors (Lipinski definition) is 5. The van der Waals surface area contributed by atoms with Crippen molar-refractivity contribution < 1.29 is 23.5 Å². The summed E-state index contributed by atoms with van der Waals surface area (Å²) in [4.78, 5) is 46.2. The van der Waals surface area contributed by atoms with E-state index in [9.17, 15) is 23.2 Å². The Bertz CT molecular complexity index is 1730. The van der Waals surface area contributed by atoms with Gasteiger partial charge in [-0.3, -0.25) is 24.5 Å². The number of aromatic nitrogens is 3. The van der Waals surface area contributed by atoms with Crippen molar-refractivity contribution in [2.24, 2.45) is 5.92 Å². The second-order valence-electron chi connectivity index (χ2n) is 9.73. The Morgan fingerprint density at radius 1 is 1.10 bits per heavy atom. The van der Waals surface area contributed by atoms with Crippen molar-refractivity contribution in [1.82, 2.24) is 14.5 Å². The van der Waals surface area contributed by atoms with E-state index in [1.54, 1.807) is 43.5 Å². The topological polar surface area (TPSA) is 126 Å². The van der Waals surface area contributed by atoms with Crippen LogP contribution in [0.25, 0.3) is 22.4 Å². The van der Waals surface area contributed by atoms with Crippen molar-refractivity contribution in [2.45, 2.75) is 32.2 Å². The number of amides is 2. The molecule has 2 amide bonds. The quantitative estimate of drug-likeness (QED) is 0.243. The number of halogens is 3. The van der Waals surface area contributed by atoms with Gasteiger partial charge in [0, 0.05) is 29.4 Å². The van der Waals surface area contributed by atoms with Gasteiger partial charge in [0.15, 0.2) is 5.82 Å². The van der Waals surface area contributed by atoms with Crippen LogP contribution in [0.5, 0.6) is 0 Å². The zero-order chi connectivity index (χ0) is 29.3. The van der Waals surface area contributed by atoms with Gasteiger partial charge in [0.05, 0.1) is 40.0 Å². The van der Waals surface area contributed by atoms with Gasteiger partial charge < -0.3 is 10.4 Å². The maximum absolute atomic E-state index is 14.6. The first kappa shape index (κ1) is 27.9. The summed E-state index contributed by atoms with van der Waals surface area (Å²) < 4.78 is 30.4. The van der Waals surface area contributed by atoms with Gasteiger partial charge in [0.1, 0.15) is 5.82 Å². The maximum Gasteiger partial charge on any atom is 0.409 e. The number of nitrogens with one attached hydrogen (secondary N) is 2. The summed E-state index contributed by atoms with van der Waals surface area (Å²) in [6, 6.07) is 10.9. The highest BCUT2D eigenvalue weighted by Crippen LogP contribution is 2.35. The molecule has 5 rings (SSSR count). The van der Waals surface area contributed by atoms with Crippen LogP contribution in [0, 0.1) is 17.6 Å². The standard InChI is InChI=1S/C29H24ClF2N5O4/c1-15-3-2-4-24(37-14-34-23(13-25(37)38)26-20(31)8-7-19(30)27(26)32)22-11-16(9-10-33-22)18-6-5-17(35-29(40)41)12-21(18)36-28(15)39/h5-15,24,35H,2-4H2,1H3,(H,36,39)(H,40,41)/t15-,24+/m1/s1. The Hall–Kier alpha value is -4.64. The van der Waals surface area contributed by atoms with Crippen LogP contribution in [0.2, 0.25) is 5.02 Å². The van der Waals surface area contributed by atoms with Gasteiger partial charge in [-0.1, -0.05) is 31.0 Å². The monoisotopic (exact) mass is 579 g/mol. The van der Waals surface area contributed by atoms with Crippen molar-refractivity contribution in [1.29, 1.82) is 0 Å². The second-order valence-corrected chi connectivity index (χ2v) is 10.1.